The summed E-state index contributed by atoms with van der Waals surface area (Å²) in [6.07, 6.45) is 5.97. The van der Waals surface area contributed by atoms with Gasteiger partial charge in [-0.1, -0.05) is 13.8 Å². The molecule has 5 heteroatoms. The van der Waals surface area contributed by atoms with Gasteiger partial charge in [-0.25, -0.2) is 0 Å². The Morgan fingerprint density at radius 3 is 2.55 bits per heavy atom. The van der Waals surface area contributed by atoms with Gasteiger partial charge in [0.2, 0.25) is 0 Å². The Kier molecular flexibility index (Phi) is 4.23. The minimum absolute atomic E-state index is 0.0124. The van der Waals surface area contributed by atoms with E-state index in [1.807, 2.05) is 9.80 Å². The summed E-state index contributed by atoms with van der Waals surface area (Å²) in [6, 6.07) is 2.04. The Balaban J connectivity index is 1.73. The van der Waals surface area contributed by atoms with E-state index in [4.69, 9.17) is 0 Å². The third kappa shape index (κ3) is 2.76. The topological polar surface area (TPSA) is 56.4 Å². The van der Waals surface area contributed by atoms with E-state index in [0.717, 1.165) is 45.3 Å². The zero-order valence-electron chi connectivity index (χ0n) is 13.5. The number of hydrogen-bond donors (Lipinski definition) is 1. The molecule has 0 aromatic carbocycles. The molecule has 2 aliphatic heterocycles. The summed E-state index contributed by atoms with van der Waals surface area (Å²) in [5, 5.41) is 0. The van der Waals surface area contributed by atoms with Gasteiger partial charge in [-0.3, -0.25) is 9.59 Å². The SMILES string of the molecule is CC(C)C1CCCN1C(=O)c1c[nH]c(C(=O)N2CCCC2)c1. The minimum Gasteiger partial charge on any atom is -0.356 e. The third-order valence-corrected chi connectivity index (χ3v) is 4.88. The summed E-state index contributed by atoms with van der Waals surface area (Å²) in [5.41, 5.74) is 1.14. The minimum atomic E-state index is 0.0124. The van der Waals surface area contributed by atoms with E-state index in [9.17, 15) is 9.59 Å². The van der Waals surface area contributed by atoms with Crippen LogP contribution in [0.1, 0.15) is 60.4 Å². The second-order valence-corrected chi connectivity index (χ2v) is 6.75. The molecule has 2 aliphatic rings. The summed E-state index contributed by atoms with van der Waals surface area (Å²) < 4.78 is 0. The molecule has 1 N–H and O–H groups in total. The maximum Gasteiger partial charge on any atom is 0.270 e. The first kappa shape index (κ1) is 15.1. The number of carbonyl (C=O) groups is 2. The first-order valence-electron chi connectivity index (χ1n) is 8.36. The van der Waals surface area contributed by atoms with Gasteiger partial charge in [-0.15, -0.1) is 0 Å². The van der Waals surface area contributed by atoms with Crippen LogP contribution >= 0.6 is 0 Å². The van der Waals surface area contributed by atoms with Gasteiger partial charge in [0.05, 0.1) is 5.56 Å². The van der Waals surface area contributed by atoms with Crippen LogP contribution in [0.15, 0.2) is 12.3 Å². The van der Waals surface area contributed by atoms with Crippen molar-refractivity contribution in [1.82, 2.24) is 14.8 Å². The molecule has 2 amide bonds. The zero-order valence-corrected chi connectivity index (χ0v) is 13.5. The number of nitrogens with zero attached hydrogens (tertiary/aromatic N) is 2. The molecule has 2 fully saturated rings. The number of aromatic amines is 1. The first-order chi connectivity index (χ1) is 10.6. The number of likely N-dealkylation sites (tertiary alicyclic amines) is 2. The average molecular weight is 303 g/mol. The van der Waals surface area contributed by atoms with Crippen molar-refractivity contribution >= 4 is 11.8 Å². The average Bonchev–Trinajstić information content (AvgIpc) is 3.25. The van der Waals surface area contributed by atoms with Crippen LogP contribution < -0.4 is 0 Å². The molecule has 3 rings (SSSR count). The highest BCUT2D eigenvalue weighted by Gasteiger charge is 2.32. The molecule has 0 spiro atoms. The molecular weight excluding hydrogens is 278 g/mol. The summed E-state index contributed by atoms with van der Waals surface area (Å²) >= 11 is 0. The van der Waals surface area contributed by atoms with Crippen molar-refractivity contribution in [3.05, 3.63) is 23.5 Å². The number of carbonyl (C=O) groups excluding carboxylic acids is 2. The second kappa shape index (κ2) is 6.15. The van der Waals surface area contributed by atoms with Crippen molar-refractivity contribution in [3.8, 4) is 0 Å². The molecule has 0 aliphatic carbocycles. The van der Waals surface area contributed by atoms with E-state index in [1.165, 1.54) is 0 Å². The van der Waals surface area contributed by atoms with Crippen LogP contribution in [0.25, 0.3) is 0 Å². The maximum atomic E-state index is 12.7. The summed E-state index contributed by atoms with van der Waals surface area (Å²) in [7, 11) is 0. The van der Waals surface area contributed by atoms with Crippen molar-refractivity contribution in [2.45, 2.75) is 45.6 Å². The summed E-state index contributed by atoms with van der Waals surface area (Å²) in [6.45, 7) is 6.79. The monoisotopic (exact) mass is 303 g/mol. The van der Waals surface area contributed by atoms with Gasteiger partial charge in [0.1, 0.15) is 5.69 Å². The number of hydrogen-bond acceptors (Lipinski definition) is 2. The molecule has 2 saturated heterocycles. The number of aromatic nitrogens is 1. The Morgan fingerprint density at radius 2 is 1.86 bits per heavy atom. The largest absolute Gasteiger partial charge is 0.356 e. The molecule has 0 radical (unpaired) electrons. The van der Waals surface area contributed by atoms with Crippen LogP contribution in [0.3, 0.4) is 0 Å². The predicted octanol–water partition coefficient (Wildman–Crippen LogP) is 2.51. The fourth-order valence-corrected chi connectivity index (χ4v) is 3.64. The third-order valence-electron chi connectivity index (χ3n) is 4.88. The fraction of sp³-hybridized carbons (Fsp3) is 0.647. The molecule has 1 aromatic rings. The van der Waals surface area contributed by atoms with Crippen LogP contribution in [-0.4, -0.2) is 52.3 Å². The van der Waals surface area contributed by atoms with E-state index in [-0.39, 0.29) is 11.8 Å². The smallest absolute Gasteiger partial charge is 0.270 e. The Bertz CT molecular complexity index is 558. The second-order valence-electron chi connectivity index (χ2n) is 6.75. The highest BCUT2D eigenvalue weighted by Crippen LogP contribution is 2.26. The molecule has 1 atom stereocenters. The van der Waals surface area contributed by atoms with E-state index >= 15 is 0 Å². The number of nitrogens with one attached hydrogen (secondary N) is 1. The quantitative estimate of drug-likeness (QED) is 0.933. The van der Waals surface area contributed by atoms with Crippen LogP contribution in [0.4, 0.5) is 0 Å². The summed E-state index contributed by atoms with van der Waals surface area (Å²) in [5.74, 6) is 0.530. The van der Waals surface area contributed by atoms with Crippen LogP contribution in [0.5, 0.6) is 0 Å². The molecule has 5 nitrogen and oxygen atoms in total. The van der Waals surface area contributed by atoms with Crippen LogP contribution in [-0.2, 0) is 0 Å². The highest BCUT2D eigenvalue weighted by molar-refractivity contribution is 5.99. The molecule has 1 unspecified atom stereocenters. The lowest BCUT2D eigenvalue weighted by Gasteiger charge is -2.27. The van der Waals surface area contributed by atoms with Crippen molar-refractivity contribution in [2.75, 3.05) is 19.6 Å². The van der Waals surface area contributed by atoms with Gasteiger partial charge in [0.15, 0.2) is 0 Å². The molecular formula is C17H25N3O2. The molecule has 0 bridgehead atoms. The van der Waals surface area contributed by atoms with Gasteiger partial charge in [-0.2, -0.15) is 0 Å². The van der Waals surface area contributed by atoms with Gasteiger partial charge in [-0.05, 0) is 37.7 Å². The molecule has 3 heterocycles. The van der Waals surface area contributed by atoms with Gasteiger partial charge in [0, 0.05) is 31.9 Å². The molecule has 1 aromatic heterocycles. The number of H-pyrrole nitrogens is 1. The van der Waals surface area contributed by atoms with Gasteiger partial charge in [0.25, 0.3) is 11.8 Å². The predicted molar refractivity (Wildman–Crippen MR) is 84.8 cm³/mol. The van der Waals surface area contributed by atoms with Crippen LogP contribution in [0.2, 0.25) is 0 Å². The zero-order chi connectivity index (χ0) is 15.7. The van der Waals surface area contributed by atoms with Crippen LogP contribution in [0, 0.1) is 5.92 Å². The molecule has 22 heavy (non-hydrogen) atoms. The number of amides is 2. The summed E-state index contributed by atoms with van der Waals surface area (Å²) in [4.78, 5) is 31.9. The Labute approximate surface area is 131 Å². The lowest BCUT2D eigenvalue weighted by Crippen LogP contribution is -2.38. The lowest BCUT2D eigenvalue weighted by molar-refractivity contribution is 0.0701. The van der Waals surface area contributed by atoms with E-state index in [0.29, 0.717) is 23.2 Å². The van der Waals surface area contributed by atoms with E-state index in [2.05, 4.69) is 18.8 Å². The van der Waals surface area contributed by atoms with Crippen molar-refractivity contribution in [1.29, 1.82) is 0 Å². The Morgan fingerprint density at radius 1 is 1.14 bits per heavy atom. The molecule has 120 valence electrons. The Hall–Kier alpha value is -1.78. The van der Waals surface area contributed by atoms with E-state index < -0.39 is 0 Å². The standard InChI is InChI=1S/C17H25N3O2/c1-12(2)15-6-5-9-20(15)16(21)13-10-14(18-11-13)17(22)19-7-3-4-8-19/h10-12,15,18H,3-9H2,1-2H3. The normalized spacial score (nSPS) is 21.9. The maximum absolute atomic E-state index is 12.7. The van der Waals surface area contributed by atoms with Gasteiger partial charge >= 0.3 is 0 Å². The fourth-order valence-electron chi connectivity index (χ4n) is 3.64. The number of rotatable bonds is 3. The first-order valence-corrected chi connectivity index (χ1v) is 8.36. The highest BCUT2D eigenvalue weighted by atomic mass is 16.2. The van der Waals surface area contributed by atoms with Gasteiger partial charge < -0.3 is 14.8 Å². The van der Waals surface area contributed by atoms with Crippen molar-refractivity contribution in [2.24, 2.45) is 5.92 Å². The van der Waals surface area contributed by atoms with Crippen molar-refractivity contribution < 1.29 is 9.59 Å². The van der Waals surface area contributed by atoms with E-state index in [1.54, 1.807) is 12.3 Å². The lowest BCUT2D eigenvalue weighted by atomic mass is 10.0. The van der Waals surface area contributed by atoms with Crippen molar-refractivity contribution in [3.63, 3.8) is 0 Å². The molecule has 0 saturated carbocycles.